The predicted octanol–water partition coefficient (Wildman–Crippen LogP) is 5.41. The van der Waals surface area contributed by atoms with E-state index >= 15 is 0 Å². The van der Waals surface area contributed by atoms with E-state index in [4.69, 9.17) is 9.15 Å². The number of hydrogen-bond acceptors (Lipinski definition) is 10. The van der Waals surface area contributed by atoms with Gasteiger partial charge in [-0.05, 0) is 47.8 Å². The van der Waals surface area contributed by atoms with E-state index in [0.717, 1.165) is 27.8 Å². The van der Waals surface area contributed by atoms with Gasteiger partial charge in [0, 0.05) is 12.1 Å². The Hall–Kier alpha value is -3.15. The highest BCUT2D eigenvalue weighted by Gasteiger charge is 2.35. The van der Waals surface area contributed by atoms with Crippen molar-refractivity contribution in [3.05, 3.63) is 70.8 Å². The zero-order chi connectivity index (χ0) is 22.6. The van der Waals surface area contributed by atoms with Crippen LogP contribution in [0.15, 0.2) is 74.0 Å². The number of hydrazone groups is 1. The van der Waals surface area contributed by atoms with Crippen molar-refractivity contribution in [1.29, 1.82) is 0 Å². The lowest BCUT2D eigenvalue weighted by Gasteiger charge is -2.19. The van der Waals surface area contributed by atoms with Crippen LogP contribution in [0.1, 0.15) is 23.1 Å². The molecule has 0 bridgehead atoms. The minimum Gasteiger partial charge on any atom is -0.497 e. The van der Waals surface area contributed by atoms with Crippen LogP contribution in [0.4, 0.5) is 10.8 Å². The fraction of sp³-hybridized carbons (Fsp3) is 0.182. The number of nitrogens with one attached hydrogen (secondary N) is 1. The van der Waals surface area contributed by atoms with Crippen LogP contribution in [0.25, 0.3) is 0 Å². The van der Waals surface area contributed by atoms with Gasteiger partial charge in [-0.15, -0.1) is 21.5 Å². The summed E-state index contributed by atoms with van der Waals surface area (Å²) in [5.41, 5.74) is 1.78. The van der Waals surface area contributed by atoms with Crippen LogP contribution in [0.5, 0.6) is 5.75 Å². The number of hydrogen-bond donors (Lipinski definition) is 1. The summed E-state index contributed by atoms with van der Waals surface area (Å²) in [7, 11) is 1.63. The molecule has 1 aliphatic heterocycles. The van der Waals surface area contributed by atoms with Gasteiger partial charge in [0.1, 0.15) is 17.6 Å². The van der Waals surface area contributed by atoms with Crippen molar-refractivity contribution < 1.29 is 13.9 Å². The molecule has 11 heteroatoms. The molecule has 168 valence electrons. The molecule has 1 atom stereocenters. The summed E-state index contributed by atoms with van der Waals surface area (Å²) in [5.74, 6) is 1.61. The standard InChI is InChI=1S/C22H19N5O3S3/c1-29-15-8-6-14(7-9-15)23-21-24-25-22(33-21)32-13-20(28)27-17(18-4-2-10-30-18)12-16(26-27)19-5-3-11-31-19/h2-11,17H,12-13H2,1H3,(H,23,24)/t17-/m1/s1. The Morgan fingerprint density at radius 3 is 2.85 bits per heavy atom. The van der Waals surface area contributed by atoms with E-state index in [1.165, 1.54) is 23.1 Å². The quantitative estimate of drug-likeness (QED) is 0.325. The molecular formula is C22H19N5O3S3. The molecule has 4 aromatic rings. The lowest BCUT2D eigenvalue weighted by atomic mass is 10.1. The van der Waals surface area contributed by atoms with Crippen molar-refractivity contribution in [1.82, 2.24) is 15.2 Å². The van der Waals surface area contributed by atoms with Crippen molar-refractivity contribution in [3.63, 3.8) is 0 Å². The number of thioether (sulfide) groups is 1. The second-order valence-electron chi connectivity index (χ2n) is 7.01. The average Bonchev–Trinajstić information content (AvgIpc) is 3.63. The highest BCUT2D eigenvalue weighted by Crippen LogP contribution is 2.35. The molecule has 0 saturated carbocycles. The molecule has 33 heavy (non-hydrogen) atoms. The van der Waals surface area contributed by atoms with E-state index in [2.05, 4.69) is 20.6 Å². The van der Waals surface area contributed by atoms with Gasteiger partial charge in [-0.25, -0.2) is 5.01 Å². The molecule has 0 saturated heterocycles. The number of benzene rings is 1. The number of thiophene rings is 1. The van der Waals surface area contributed by atoms with Gasteiger partial charge in [-0.1, -0.05) is 29.2 Å². The summed E-state index contributed by atoms with van der Waals surface area (Å²) < 4.78 is 11.5. The highest BCUT2D eigenvalue weighted by molar-refractivity contribution is 8.01. The Kier molecular flexibility index (Phi) is 6.42. The van der Waals surface area contributed by atoms with Crippen LogP contribution in [0, 0.1) is 0 Å². The first kappa shape index (κ1) is 21.7. The smallest absolute Gasteiger partial charge is 0.253 e. The monoisotopic (exact) mass is 497 g/mol. The maximum absolute atomic E-state index is 13.1. The number of aromatic nitrogens is 2. The van der Waals surface area contributed by atoms with Crippen molar-refractivity contribution >= 4 is 56.9 Å². The number of nitrogens with zero attached hydrogens (tertiary/aromatic N) is 4. The number of furan rings is 1. The third-order valence-corrected chi connectivity index (χ3v) is 7.79. The van der Waals surface area contributed by atoms with Gasteiger partial charge >= 0.3 is 0 Å². The first-order valence-corrected chi connectivity index (χ1v) is 12.7. The van der Waals surface area contributed by atoms with Gasteiger partial charge in [0.05, 0.1) is 29.7 Å². The van der Waals surface area contributed by atoms with Crippen LogP contribution < -0.4 is 10.1 Å². The molecule has 3 aromatic heterocycles. The molecule has 5 rings (SSSR count). The number of carbonyl (C=O) groups excluding carboxylic acids is 1. The fourth-order valence-electron chi connectivity index (χ4n) is 3.34. The maximum Gasteiger partial charge on any atom is 0.253 e. The summed E-state index contributed by atoms with van der Waals surface area (Å²) in [6.07, 6.45) is 2.24. The number of ether oxygens (including phenoxy) is 1. The minimum atomic E-state index is -0.244. The number of rotatable bonds is 8. The molecule has 1 amide bonds. The molecule has 1 N–H and O–H groups in total. The number of anilines is 2. The first-order valence-electron chi connectivity index (χ1n) is 10.0. The second kappa shape index (κ2) is 9.77. The first-order chi connectivity index (χ1) is 16.2. The fourth-order valence-corrected chi connectivity index (χ4v) is 5.69. The van der Waals surface area contributed by atoms with Crippen LogP contribution in [0.2, 0.25) is 0 Å². The molecular weight excluding hydrogens is 478 g/mol. The van der Waals surface area contributed by atoms with Crippen LogP contribution in [-0.4, -0.2) is 39.7 Å². The lowest BCUT2D eigenvalue weighted by Crippen LogP contribution is -2.28. The van der Waals surface area contributed by atoms with Gasteiger partial charge in [0.25, 0.3) is 5.91 Å². The third kappa shape index (κ3) is 4.95. The summed E-state index contributed by atoms with van der Waals surface area (Å²) in [4.78, 5) is 14.1. The molecule has 4 heterocycles. The minimum absolute atomic E-state index is 0.104. The van der Waals surface area contributed by atoms with Crippen molar-refractivity contribution in [3.8, 4) is 5.75 Å². The van der Waals surface area contributed by atoms with Gasteiger partial charge in [0.2, 0.25) is 5.13 Å². The SMILES string of the molecule is COc1ccc(Nc2nnc(SCC(=O)N3N=C(c4cccs4)C[C@@H]3c3ccco3)s2)cc1. The van der Waals surface area contributed by atoms with E-state index < -0.39 is 0 Å². The summed E-state index contributed by atoms with van der Waals surface area (Å²) in [6.45, 7) is 0. The third-order valence-electron chi connectivity index (χ3n) is 4.91. The average molecular weight is 498 g/mol. The largest absolute Gasteiger partial charge is 0.497 e. The Morgan fingerprint density at radius 2 is 2.12 bits per heavy atom. The zero-order valence-electron chi connectivity index (χ0n) is 17.5. The van der Waals surface area contributed by atoms with Crippen LogP contribution in [-0.2, 0) is 4.79 Å². The van der Waals surface area contributed by atoms with Gasteiger partial charge < -0.3 is 14.5 Å². The maximum atomic E-state index is 13.1. The molecule has 0 unspecified atom stereocenters. The number of amides is 1. The summed E-state index contributed by atoms with van der Waals surface area (Å²) in [6, 6.07) is 15.0. The van der Waals surface area contributed by atoms with Gasteiger partial charge in [0.15, 0.2) is 4.34 Å². The van der Waals surface area contributed by atoms with E-state index in [1.54, 1.807) is 29.7 Å². The van der Waals surface area contributed by atoms with Crippen molar-refractivity contribution in [2.75, 3.05) is 18.2 Å². The van der Waals surface area contributed by atoms with Crippen LogP contribution in [0.3, 0.4) is 0 Å². The molecule has 0 fully saturated rings. The van der Waals surface area contributed by atoms with Crippen molar-refractivity contribution in [2.24, 2.45) is 5.10 Å². The molecule has 8 nitrogen and oxygen atoms in total. The molecule has 1 aromatic carbocycles. The summed E-state index contributed by atoms with van der Waals surface area (Å²) in [5, 5.41) is 20.4. The molecule has 0 aliphatic carbocycles. The van der Waals surface area contributed by atoms with Gasteiger partial charge in [-0.3, -0.25) is 4.79 Å². The highest BCUT2D eigenvalue weighted by atomic mass is 32.2. The van der Waals surface area contributed by atoms with E-state index in [1.807, 2.05) is 53.9 Å². The second-order valence-corrected chi connectivity index (χ2v) is 10.2. The number of carbonyl (C=O) groups is 1. The zero-order valence-corrected chi connectivity index (χ0v) is 20.0. The Labute approximate surface area is 202 Å². The summed E-state index contributed by atoms with van der Waals surface area (Å²) >= 11 is 4.36. The predicted molar refractivity (Wildman–Crippen MR) is 131 cm³/mol. The lowest BCUT2D eigenvalue weighted by molar-refractivity contribution is -0.130. The molecule has 0 spiro atoms. The Morgan fingerprint density at radius 1 is 1.24 bits per heavy atom. The molecule has 0 radical (unpaired) electrons. The van der Waals surface area contributed by atoms with E-state index in [9.17, 15) is 4.79 Å². The topological polar surface area (TPSA) is 92.8 Å². The van der Waals surface area contributed by atoms with E-state index in [-0.39, 0.29) is 17.7 Å². The normalized spacial score (nSPS) is 15.5. The molecule has 1 aliphatic rings. The van der Waals surface area contributed by atoms with Crippen molar-refractivity contribution in [2.45, 2.75) is 16.8 Å². The van der Waals surface area contributed by atoms with Gasteiger partial charge in [-0.2, -0.15) is 5.10 Å². The Balaban J connectivity index is 1.24. The Bertz CT molecular complexity index is 1240. The van der Waals surface area contributed by atoms with E-state index in [0.29, 0.717) is 15.9 Å². The number of methoxy groups -OCH3 is 1. The van der Waals surface area contributed by atoms with Crippen LogP contribution >= 0.6 is 34.4 Å².